The molecule has 5 nitrogen and oxygen atoms in total. The lowest BCUT2D eigenvalue weighted by Gasteiger charge is -2.16. The molecular formula is C24H22Cl2O5. The van der Waals surface area contributed by atoms with E-state index in [9.17, 15) is 4.79 Å². The van der Waals surface area contributed by atoms with Crippen molar-refractivity contribution in [2.24, 2.45) is 0 Å². The quantitative estimate of drug-likeness (QED) is 0.277. The van der Waals surface area contributed by atoms with Crippen LogP contribution in [-0.4, -0.2) is 25.9 Å². The Morgan fingerprint density at radius 1 is 0.774 bits per heavy atom. The fourth-order valence-corrected chi connectivity index (χ4v) is 3.29. The van der Waals surface area contributed by atoms with Gasteiger partial charge in [0, 0.05) is 5.56 Å². The molecule has 0 bridgehead atoms. The van der Waals surface area contributed by atoms with Gasteiger partial charge in [0.1, 0.15) is 24.7 Å². The average Bonchev–Trinajstić information content (AvgIpc) is 2.82. The summed E-state index contributed by atoms with van der Waals surface area (Å²) in [5.41, 5.74) is 2.14. The molecule has 0 aliphatic heterocycles. The van der Waals surface area contributed by atoms with Crippen LogP contribution in [0.3, 0.4) is 0 Å². The van der Waals surface area contributed by atoms with Crippen molar-refractivity contribution in [3.8, 4) is 23.0 Å². The largest absolute Gasteiger partial charge is 0.497 e. The second-order valence-electron chi connectivity index (χ2n) is 6.58. The maximum absolute atomic E-state index is 12.1. The summed E-state index contributed by atoms with van der Waals surface area (Å²) in [6, 6.07) is 18.2. The number of ketones is 1. The molecule has 0 N–H and O–H groups in total. The number of halogens is 2. The molecule has 0 fully saturated rings. The summed E-state index contributed by atoms with van der Waals surface area (Å²) in [5.74, 6) is 1.77. The third kappa shape index (κ3) is 5.84. The van der Waals surface area contributed by atoms with Crippen molar-refractivity contribution >= 4 is 29.0 Å². The lowest BCUT2D eigenvalue weighted by molar-refractivity contribution is 0.102. The van der Waals surface area contributed by atoms with Crippen LogP contribution in [0.2, 0.25) is 5.02 Å². The van der Waals surface area contributed by atoms with Crippen molar-refractivity contribution in [3.05, 3.63) is 82.4 Å². The molecule has 0 radical (unpaired) electrons. The normalized spacial score (nSPS) is 10.5. The zero-order chi connectivity index (χ0) is 22.2. The van der Waals surface area contributed by atoms with Crippen molar-refractivity contribution in [1.82, 2.24) is 0 Å². The van der Waals surface area contributed by atoms with E-state index in [4.69, 9.17) is 42.1 Å². The summed E-state index contributed by atoms with van der Waals surface area (Å²) in [6.07, 6.45) is 0. The Balaban J connectivity index is 1.82. The summed E-state index contributed by atoms with van der Waals surface area (Å²) >= 11 is 12.2. The lowest BCUT2D eigenvalue weighted by Crippen LogP contribution is -2.06. The van der Waals surface area contributed by atoms with Gasteiger partial charge in [-0.1, -0.05) is 35.9 Å². The van der Waals surface area contributed by atoms with Gasteiger partial charge in [0.25, 0.3) is 0 Å². The van der Waals surface area contributed by atoms with Gasteiger partial charge < -0.3 is 18.9 Å². The van der Waals surface area contributed by atoms with Crippen molar-refractivity contribution in [2.75, 3.05) is 20.1 Å². The van der Waals surface area contributed by atoms with Crippen LogP contribution in [0, 0.1) is 0 Å². The Kier molecular flexibility index (Phi) is 8.04. The van der Waals surface area contributed by atoms with E-state index in [0.29, 0.717) is 18.1 Å². The minimum Gasteiger partial charge on any atom is -0.497 e. The molecule has 0 saturated carbocycles. The molecule has 0 aliphatic rings. The number of Topliss-reactive ketones (excluding diaryl/α,β-unsaturated/α-hetero) is 1. The second-order valence-corrected chi connectivity index (χ2v) is 7.23. The molecule has 3 rings (SSSR count). The molecule has 0 spiro atoms. The number of hydrogen-bond acceptors (Lipinski definition) is 5. The van der Waals surface area contributed by atoms with Crippen LogP contribution in [0.4, 0.5) is 0 Å². The van der Waals surface area contributed by atoms with Crippen LogP contribution >= 0.6 is 23.2 Å². The van der Waals surface area contributed by atoms with Crippen LogP contribution in [0.5, 0.6) is 23.0 Å². The van der Waals surface area contributed by atoms with Crippen LogP contribution < -0.4 is 18.9 Å². The van der Waals surface area contributed by atoms with E-state index in [-0.39, 0.29) is 28.9 Å². The highest BCUT2D eigenvalue weighted by Crippen LogP contribution is 2.39. The van der Waals surface area contributed by atoms with Crippen LogP contribution in [0.1, 0.15) is 21.5 Å². The Hall–Kier alpha value is -2.89. The topological polar surface area (TPSA) is 54.0 Å². The van der Waals surface area contributed by atoms with E-state index in [1.807, 2.05) is 48.5 Å². The predicted octanol–water partition coefficient (Wildman–Crippen LogP) is 5.94. The Morgan fingerprint density at radius 3 is 1.77 bits per heavy atom. The Morgan fingerprint density at radius 2 is 1.29 bits per heavy atom. The van der Waals surface area contributed by atoms with E-state index >= 15 is 0 Å². The summed E-state index contributed by atoms with van der Waals surface area (Å²) in [7, 11) is 3.22. The SMILES string of the molecule is COc1ccc(COc2ccc(C(=O)CCl)c(Cl)c2OCc2ccc(OC)cc2)cc1. The molecule has 3 aromatic rings. The third-order valence-corrected chi connectivity index (χ3v) is 5.20. The summed E-state index contributed by atoms with van der Waals surface area (Å²) < 4.78 is 22.3. The smallest absolute Gasteiger partial charge is 0.180 e. The van der Waals surface area contributed by atoms with E-state index in [2.05, 4.69) is 0 Å². The molecule has 0 aliphatic carbocycles. The number of carbonyl (C=O) groups excluding carboxylic acids is 1. The van der Waals surface area contributed by atoms with E-state index in [0.717, 1.165) is 22.6 Å². The van der Waals surface area contributed by atoms with Crippen LogP contribution in [-0.2, 0) is 13.2 Å². The van der Waals surface area contributed by atoms with Gasteiger partial charge in [-0.25, -0.2) is 0 Å². The molecule has 162 valence electrons. The highest BCUT2D eigenvalue weighted by Gasteiger charge is 2.19. The van der Waals surface area contributed by atoms with Crippen molar-refractivity contribution < 1.29 is 23.7 Å². The molecule has 7 heteroatoms. The van der Waals surface area contributed by atoms with Crippen molar-refractivity contribution in [2.45, 2.75) is 13.2 Å². The molecule has 0 unspecified atom stereocenters. The first-order valence-corrected chi connectivity index (χ1v) is 10.4. The fraction of sp³-hybridized carbons (Fsp3) is 0.208. The number of ether oxygens (including phenoxy) is 4. The third-order valence-electron chi connectivity index (χ3n) is 4.58. The summed E-state index contributed by atoms with van der Waals surface area (Å²) in [5, 5.41) is 0.173. The Bertz CT molecular complexity index is 1020. The van der Waals surface area contributed by atoms with Crippen molar-refractivity contribution in [3.63, 3.8) is 0 Å². The summed E-state index contributed by atoms with van der Waals surface area (Å²) in [6.45, 7) is 0.531. The maximum Gasteiger partial charge on any atom is 0.180 e. The molecule has 0 saturated heterocycles. The highest BCUT2D eigenvalue weighted by atomic mass is 35.5. The number of hydrogen-bond donors (Lipinski definition) is 0. The van der Waals surface area contributed by atoms with Crippen LogP contribution in [0.25, 0.3) is 0 Å². The Labute approximate surface area is 191 Å². The molecule has 31 heavy (non-hydrogen) atoms. The molecule has 3 aromatic carbocycles. The van der Waals surface area contributed by atoms with Crippen molar-refractivity contribution in [1.29, 1.82) is 0 Å². The predicted molar refractivity (Wildman–Crippen MR) is 121 cm³/mol. The van der Waals surface area contributed by atoms with Gasteiger partial charge in [-0.15, -0.1) is 11.6 Å². The first-order valence-electron chi connectivity index (χ1n) is 9.48. The number of benzene rings is 3. The van der Waals surface area contributed by atoms with Gasteiger partial charge >= 0.3 is 0 Å². The first kappa shape index (κ1) is 22.8. The number of methoxy groups -OCH3 is 2. The standard InChI is InChI=1S/C24H22Cl2O5/c1-28-18-7-3-16(4-8-18)14-30-22-12-11-20(21(27)13-25)23(26)24(22)31-15-17-5-9-19(29-2)10-6-17/h3-12H,13-15H2,1-2H3. The van der Waals surface area contributed by atoms with Gasteiger partial charge in [0.15, 0.2) is 17.3 Å². The average molecular weight is 461 g/mol. The minimum atomic E-state index is -0.289. The monoisotopic (exact) mass is 460 g/mol. The summed E-state index contributed by atoms with van der Waals surface area (Å²) in [4.78, 5) is 12.1. The van der Waals surface area contributed by atoms with Gasteiger partial charge in [0.05, 0.1) is 25.1 Å². The molecule has 0 amide bonds. The van der Waals surface area contributed by atoms with E-state index in [1.54, 1.807) is 26.4 Å². The maximum atomic E-state index is 12.1. The first-order chi connectivity index (χ1) is 15.0. The van der Waals surface area contributed by atoms with Crippen LogP contribution in [0.15, 0.2) is 60.7 Å². The second kappa shape index (κ2) is 10.9. The van der Waals surface area contributed by atoms with Gasteiger partial charge in [0.2, 0.25) is 0 Å². The molecule has 0 aromatic heterocycles. The molecule has 0 heterocycles. The van der Waals surface area contributed by atoms with E-state index < -0.39 is 0 Å². The highest BCUT2D eigenvalue weighted by molar-refractivity contribution is 6.38. The number of carbonyl (C=O) groups is 1. The zero-order valence-electron chi connectivity index (χ0n) is 17.2. The van der Waals surface area contributed by atoms with E-state index in [1.165, 1.54) is 0 Å². The van der Waals surface area contributed by atoms with Gasteiger partial charge in [-0.2, -0.15) is 0 Å². The molecule has 0 atom stereocenters. The zero-order valence-corrected chi connectivity index (χ0v) is 18.7. The van der Waals surface area contributed by atoms with Gasteiger partial charge in [-0.3, -0.25) is 4.79 Å². The van der Waals surface area contributed by atoms with Gasteiger partial charge in [-0.05, 0) is 47.5 Å². The number of alkyl halides is 1. The molecular weight excluding hydrogens is 439 g/mol. The minimum absolute atomic E-state index is 0.173. The lowest BCUT2D eigenvalue weighted by atomic mass is 10.1. The number of rotatable bonds is 10. The fourth-order valence-electron chi connectivity index (χ4n) is 2.83.